The van der Waals surface area contributed by atoms with Crippen molar-refractivity contribution >= 4 is 11.4 Å². The summed E-state index contributed by atoms with van der Waals surface area (Å²) in [5.74, 6) is 0. The van der Waals surface area contributed by atoms with Gasteiger partial charge in [0.2, 0.25) is 0 Å². The van der Waals surface area contributed by atoms with Crippen molar-refractivity contribution in [3.05, 3.63) is 24.5 Å². The molecule has 0 saturated heterocycles. The van der Waals surface area contributed by atoms with Gasteiger partial charge in [0.25, 0.3) is 0 Å². The summed E-state index contributed by atoms with van der Waals surface area (Å²) in [5, 5.41) is 4.17. The van der Waals surface area contributed by atoms with E-state index in [9.17, 15) is 0 Å². The second kappa shape index (κ2) is 3.34. The SMILES string of the molecule is C=C/C(C)=N\c1cn(C)nc1C. The first-order chi connectivity index (χ1) is 5.63. The Morgan fingerprint density at radius 2 is 2.42 bits per heavy atom. The highest BCUT2D eigenvalue weighted by atomic mass is 15.3. The van der Waals surface area contributed by atoms with Crippen molar-refractivity contribution in [2.45, 2.75) is 13.8 Å². The van der Waals surface area contributed by atoms with E-state index in [1.807, 2.05) is 27.1 Å². The van der Waals surface area contributed by atoms with E-state index in [4.69, 9.17) is 0 Å². The number of aryl methyl sites for hydroxylation is 2. The molecule has 64 valence electrons. The molecule has 0 aliphatic heterocycles. The summed E-state index contributed by atoms with van der Waals surface area (Å²) in [6.07, 6.45) is 3.62. The van der Waals surface area contributed by atoms with E-state index in [2.05, 4.69) is 16.7 Å². The second-order valence-corrected chi connectivity index (χ2v) is 2.73. The Labute approximate surface area is 72.4 Å². The van der Waals surface area contributed by atoms with Crippen LogP contribution in [0, 0.1) is 6.92 Å². The summed E-state index contributed by atoms with van der Waals surface area (Å²) in [7, 11) is 1.88. The number of hydrogen-bond donors (Lipinski definition) is 0. The van der Waals surface area contributed by atoms with Gasteiger partial charge in [-0.05, 0) is 19.9 Å². The van der Waals surface area contributed by atoms with E-state index in [0.29, 0.717) is 0 Å². The molecule has 0 spiro atoms. The molecule has 3 nitrogen and oxygen atoms in total. The molecule has 0 unspecified atom stereocenters. The highest BCUT2D eigenvalue weighted by molar-refractivity contribution is 5.94. The zero-order valence-electron chi connectivity index (χ0n) is 7.70. The Morgan fingerprint density at radius 1 is 1.75 bits per heavy atom. The van der Waals surface area contributed by atoms with Crippen LogP contribution in [0.3, 0.4) is 0 Å². The average Bonchev–Trinajstić information content (AvgIpc) is 2.30. The molecule has 0 saturated carbocycles. The molecule has 0 aliphatic rings. The molecule has 1 heterocycles. The maximum Gasteiger partial charge on any atom is 0.104 e. The van der Waals surface area contributed by atoms with Crippen LogP contribution < -0.4 is 0 Å². The van der Waals surface area contributed by atoms with Gasteiger partial charge in [-0.2, -0.15) is 5.10 Å². The van der Waals surface area contributed by atoms with Crippen LogP contribution in [-0.2, 0) is 7.05 Å². The fraction of sp³-hybridized carbons (Fsp3) is 0.333. The Kier molecular flexibility index (Phi) is 2.43. The molecule has 12 heavy (non-hydrogen) atoms. The quantitative estimate of drug-likeness (QED) is 0.613. The molecule has 0 amide bonds. The number of hydrogen-bond acceptors (Lipinski definition) is 2. The Hall–Kier alpha value is -1.38. The van der Waals surface area contributed by atoms with Gasteiger partial charge < -0.3 is 0 Å². The molecule has 3 heteroatoms. The summed E-state index contributed by atoms with van der Waals surface area (Å²) in [4.78, 5) is 4.31. The third-order valence-electron chi connectivity index (χ3n) is 1.58. The number of allylic oxidation sites excluding steroid dienone is 1. The predicted octanol–water partition coefficient (Wildman–Crippen LogP) is 2.01. The smallest absolute Gasteiger partial charge is 0.104 e. The van der Waals surface area contributed by atoms with E-state index >= 15 is 0 Å². The van der Waals surface area contributed by atoms with Gasteiger partial charge in [0.05, 0.1) is 11.9 Å². The van der Waals surface area contributed by atoms with Gasteiger partial charge in [-0.25, -0.2) is 0 Å². The lowest BCUT2D eigenvalue weighted by molar-refractivity contribution is 0.756. The first-order valence-electron chi connectivity index (χ1n) is 3.81. The maximum atomic E-state index is 4.31. The van der Waals surface area contributed by atoms with Crippen LogP contribution in [0.15, 0.2) is 23.8 Å². The van der Waals surface area contributed by atoms with Crippen molar-refractivity contribution in [1.82, 2.24) is 9.78 Å². The molecular weight excluding hydrogens is 150 g/mol. The largest absolute Gasteiger partial charge is 0.273 e. The van der Waals surface area contributed by atoms with E-state index in [1.165, 1.54) is 0 Å². The summed E-state index contributed by atoms with van der Waals surface area (Å²) < 4.78 is 1.75. The third-order valence-corrected chi connectivity index (χ3v) is 1.58. The molecule has 1 rings (SSSR count). The minimum absolute atomic E-state index is 0.908. The zero-order valence-corrected chi connectivity index (χ0v) is 7.70. The first kappa shape index (κ1) is 8.71. The number of aromatic nitrogens is 2. The lowest BCUT2D eigenvalue weighted by Crippen LogP contribution is -1.86. The monoisotopic (exact) mass is 163 g/mol. The molecule has 0 radical (unpaired) electrons. The number of rotatable bonds is 2. The van der Waals surface area contributed by atoms with Crippen LogP contribution in [0.4, 0.5) is 5.69 Å². The Bertz CT molecular complexity index is 321. The number of aliphatic imine (C=N–C) groups is 1. The van der Waals surface area contributed by atoms with Crippen molar-refractivity contribution in [3.63, 3.8) is 0 Å². The Morgan fingerprint density at radius 3 is 2.83 bits per heavy atom. The summed E-state index contributed by atoms with van der Waals surface area (Å²) in [6, 6.07) is 0. The van der Waals surface area contributed by atoms with Gasteiger partial charge in [-0.3, -0.25) is 9.67 Å². The molecule has 0 fully saturated rings. The fourth-order valence-electron chi connectivity index (χ4n) is 0.932. The minimum Gasteiger partial charge on any atom is -0.273 e. The van der Waals surface area contributed by atoms with Crippen molar-refractivity contribution in [3.8, 4) is 0 Å². The van der Waals surface area contributed by atoms with Crippen LogP contribution in [0.25, 0.3) is 0 Å². The summed E-state index contributed by atoms with van der Waals surface area (Å²) in [6.45, 7) is 7.49. The number of nitrogens with zero attached hydrogens (tertiary/aromatic N) is 3. The first-order valence-corrected chi connectivity index (χ1v) is 3.81. The summed E-state index contributed by atoms with van der Waals surface area (Å²) >= 11 is 0. The molecule has 0 atom stereocenters. The van der Waals surface area contributed by atoms with Gasteiger partial charge in [0, 0.05) is 12.8 Å². The molecule has 0 N–H and O–H groups in total. The van der Waals surface area contributed by atoms with Crippen LogP contribution in [0.2, 0.25) is 0 Å². The van der Waals surface area contributed by atoms with Crippen LogP contribution in [-0.4, -0.2) is 15.5 Å². The van der Waals surface area contributed by atoms with E-state index in [-0.39, 0.29) is 0 Å². The predicted molar refractivity (Wildman–Crippen MR) is 50.9 cm³/mol. The van der Waals surface area contributed by atoms with Crippen LogP contribution in [0.5, 0.6) is 0 Å². The van der Waals surface area contributed by atoms with Gasteiger partial charge in [-0.1, -0.05) is 6.58 Å². The van der Waals surface area contributed by atoms with Crippen molar-refractivity contribution < 1.29 is 0 Å². The van der Waals surface area contributed by atoms with E-state index < -0.39 is 0 Å². The van der Waals surface area contributed by atoms with Gasteiger partial charge in [0.15, 0.2) is 0 Å². The standard InChI is InChI=1S/C9H13N3/c1-5-7(2)10-9-6-12(4)11-8(9)3/h5-6H,1H2,2-4H3/b10-7-. The van der Waals surface area contributed by atoms with E-state index in [1.54, 1.807) is 10.8 Å². The highest BCUT2D eigenvalue weighted by Gasteiger charge is 1.99. The van der Waals surface area contributed by atoms with Crippen molar-refractivity contribution in [2.24, 2.45) is 12.0 Å². The summed E-state index contributed by atoms with van der Waals surface area (Å²) in [5.41, 5.74) is 2.76. The molecule has 0 aliphatic carbocycles. The maximum absolute atomic E-state index is 4.31. The Balaban J connectivity index is 3.03. The minimum atomic E-state index is 0.908. The fourth-order valence-corrected chi connectivity index (χ4v) is 0.932. The van der Waals surface area contributed by atoms with Gasteiger partial charge >= 0.3 is 0 Å². The molecule has 0 aromatic carbocycles. The van der Waals surface area contributed by atoms with Gasteiger partial charge in [0.1, 0.15) is 5.69 Å². The van der Waals surface area contributed by atoms with Crippen molar-refractivity contribution in [1.29, 1.82) is 0 Å². The highest BCUT2D eigenvalue weighted by Crippen LogP contribution is 2.15. The lowest BCUT2D eigenvalue weighted by atomic mass is 10.4. The zero-order chi connectivity index (χ0) is 9.14. The normalized spacial score (nSPS) is 11.8. The molecule has 0 bridgehead atoms. The lowest BCUT2D eigenvalue weighted by Gasteiger charge is -1.89. The molecule has 1 aromatic rings. The van der Waals surface area contributed by atoms with Crippen LogP contribution in [0.1, 0.15) is 12.6 Å². The second-order valence-electron chi connectivity index (χ2n) is 2.73. The average molecular weight is 163 g/mol. The molecule has 1 aromatic heterocycles. The third kappa shape index (κ3) is 1.81. The topological polar surface area (TPSA) is 30.2 Å². The van der Waals surface area contributed by atoms with Gasteiger partial charge in [-0.15, -0.1) is 0 Å². The van der Waals surface area contributed by atoms with Crippen LogP contribution >= 0.6 is 0 Å². The van der Waals surface area contributed by atoms with E-state index in [0.717, 1.165) is 17.1 Å². The molecular formula is C9H13N3. The van der Waals surface area contributed by atoms with Crippen molar-refractivity contribution in [2.75, 3.05) is 0 Å².